The molecule has 8 nitrogen and oxygen atoms in total. The largest absolute Gasteiger partial charge is 0.452 e. The molecule has 1 N–H and O–H groups in total. The maximum Gasteiger partial charge on any atom is 0.338 e. The molecule has 9 heteroatoms. The van der Waals surface area contributed by atoms with Crippen molar-refractivity contribution in [2.75, 3.05) is 26.0 Å². The molecule has 2 rings (SSSR count). The summed E-state index contributed by atoms with van der Waals surface area (Å²) in [6.45, 7) is 0.893. The number of Topliss-reactive ketones (excluding diaryl/α,β-unsaturated/α-hetero) is 1. The smallest absolute Gasteiger partial charge is 0.338 e. The van der Waals surface area contributed by atoms with Gasteiger partial charge in [0.05, 0.1) is 10.5 Å². The highest BCUT2D eigenvalue weighted by Gasteiger charge is 2.19. The van der Waals surface area contributed by atoms with Gasteiger partial charge in [-0.1, -0.05) is 6.07 Å². The molecule has 0 aliphatic rings. The van der Waals surface area contributed by atoms with Crippen LogP contribution in [0.15, 0.2) is 53.4 Å². The third kappa shape index (κ3) is 5.24. The highest BCUT2D eigenvalue weighted by Crippen LogP contribution is 2.15. The summed E-state index contributed by atoms with van der Waals surface area (Å²) in [6.07, 6.45) is 0. The molecule has 0 radical (unpaired) electrons. The minimum atomic E-state index is -3.69. The van der Waals surface area contributed by atoms with Crippen LogP contribution in [0.4, 0.5) is 5.69 Å². The Kier molecular flexibility index (Phi) is 6.66. The van der Waals surface area contributed by atoms with Crippen molar-refractivity contribution in [3.63, 3.8) is 0 Å². The number of hydrogen-bond acceptors (Lipinski definition) is 6. The van der Waals surface area contributed by atoms with Crippen LogP contribution in [-0.4, -0.2) is 51.1 Å². The second-order valence-corrected chi connectivity index (χ2v) is 8.22. The van der Waals surface area contributed by atoms with Crippen molar-refractivity contribution in [1.82, 2.24) is 4.31 Å². The average molecular weight is 404 g/mol. The van der Waals surface area contributed by atoms with Gasteiger partial charge in [-0.15, -0.1) is 0 Å². The summed E-state index contributed by atoms with van der Waals surface area (Å²) in [5, 5.41) is 2.54. The number of sulfonamides is 1. The average Bonchev–Trinajstić information content (AvgIpc) is 2.66. The normalized spacial score (nSPS) is 11.1. The van der Waals surface area contributed by atoms with Crippen molar-refractivity contribution in [3.8, 4) is 0 Å². The number of esters is 1. The first-order valence-corrected chi connectivity index (χ1v) is 9.66. The molecule has 0 spiro atoms. The molecule has 1 amide bonds. The van der Waals surface area contributed by atoms with E-state index in [0.717, 1.165) is 4.31 Å². The van der Waals surface area contributed by atoms with Gasteiger partial charge in [0.2, 0.25) is 10.0 Å². The van der Waals surface area contributed by atoms with E-state index in [1.807, 2.05) is 0 Å². The molecule has 0 bridgehead atoms. The number of nitrogens with one attached hydrogen (secondary N) is 1. The number of benzene rings is 2. The molecule has 0 aliphatic heterocycles. The third-order valence-corrected chi connectivity index (χ3v) is 5.57. The Balaban J connectivity index is 1.98. The molecular weight excluding hydrogens is 384 g/mol. The van der Waals surface area contributed by atoms with Crippen molar-refractivity contribution in [2.45, 2.75) is 11.8 Å². The van der Waals surface area contributed by atoms with Gasteiger partial charge in [-0.3, -0.25) is 9.59 Å². The summed E-state index contributed by atoms with van der Waals surface area (Å²) >= 11 is 0. The predicted octanol–water partition coefficient (Wildman–Crippen LogP) is 1.94. The van der Waals surface area contributed by atoms with Crippen LogP contribution in [0.3, 0.4) is 0 Å². The van der Waals surface area contributed by atoms with Gasteiger partial charge in [0.1, 0.15) is 0 Å². The summed E-state index contributed by atoms with van der Waals surface area (Å²) in [6, 6.07) is 11.6. The van der Waals surface area contributed by atoms with Crippen LogP contribution in [0.25, 0.3) is 0 Å². The monoisotopic (exact) mass is 404 g/mol. The fraction of sp³-hybridized carbons (Fsp3) is 0.211. The number of anilines is 1. The lowest BCUT2D eigenvalue weighted by atomic mass is 10.1. The van der Waals surface area contributed by atoms with Crippen LogP contribution < -0.4 is 5.32 Å². The molecule has 0 fully saturated rings. The van der Waals surface area contributed by atoms with Gasteiger partial charge in [0, 0.05) is 25.3 Å². The Labute approximate surface area is 163 Å². The number of nitrogens with zero attached hydrogens (tertiary/aromatic N) is 1. The van der Waals surface area contributed by atoms with Gasteiger partial charge < -0.3 is 10.1 Å². The van der Waals surface area contributed by atoms with Crippen LogP contribution in [0.1, 0.15) is 27.6 Å². The Bertz CT molecular complexity index is 997. The van der Waals surface area contributed by atoms with E-state index < -0.39 is 28.5 Å². The quantitative estimate of drug-likeness (QED) is 0.558. The SMILES string of the molecule is CC(=O)c1ccc(NC(=O)COC(=O)c2cccc(S(=O)(=O)N(C)C)c2)cc1. The molecule has 0 aliphatic carbocycles. The van der Waals surface area contributed by atoms with Gasteiger partial charge in [0.15, 0.2) is 12.4 Å². The molecule has 28 heavy (non-hydrogen) atoms. The molecule has 2 aromatic carbocycles. The summed E-state index contributed by atoms with van der Waals surface area (Å²) in [4.78, 5) is 35.2. The summed E-state index contributed by atoms with van der Waals surface area (Å²) in [5.74, 6) is -1.48. The standard InChI is InChI=1S/C19H20N2O6S/c1-13(22)14-7-9-16(10-8-14)20-18(23)12-27-19(24)15-5-4-6-17(11-15)28(25,26)21(2)3/h4-11H,12H2,1-3H3,(H,20,23). The number of hydrogen-bond donors (Lipinski definition) is 1. The van der Waals surface area contributed by atoms with Crippen LogP contribution in [0.5, 0.6) is 0 Å². The number of carbonyl (C=O) groups excluding carboxylic acids is 3. The minimum absolute atomic E-state index is 0.0153. The maximum absolute atomic E-state index is 12.1. The Morgan fingerprint density at radius 2 is 1.64 bits per heavy atom. The van der Waals surface area contributed by atoms with Crippen LogP contribution in [0.2, 0.25) is 0 Å². The molecule has 0 saturated heterocycles. The van der Waals surface area contributed by atoms with Crippen molar-refractivity contribution >= 4 is 33.4 Å². The highest BCUT2D eigenvalue weighted by atomic mass is 32.2. The van der Waals surface area contributed by atoms with Crippen molar-refractivity contribution in [3.05, 3.63) is 59.7 Å². The summed E-state index contributed by atoms with van der Waals surface area (Å²) < 4.78 is 30.2. The lowest BCUT2D eigenvalue weighted by Gasteiger charge is -2.12. The summed E-state index contributed by atoms with van der Waals surface area (Å²) in [7, 11) is -0.927. The van der Waals surface area contributed by atoms with Gasteiger partial charge in [-0.05, 0) is 49.4 Å². The number of amides is 1. The Morgan fingerprint density at radius 1 is 1.00 bits per heavy atom. The van der Waals surface area contributed by atoms with E-state index in [4.69, 9.17) is 4.74 Å². The molecule has 0 heterocycles. The first kappa shape index (κ1) is 21.3. The van der Waals surface area contributed by atoms with E-state index in [9.17, 15) is 22.8 Å². The van der Waals surface area contributed by atoms with Gasteiger partial charge >= 0.3 is 5.97 Å². The zero-order valence-electron chi connectivity index (χ0n) is 15.6. The third-order valence-electron chi connectivity index (χ3n) is 3.76. The number of carbonyl (C=O) groups is 3. The van der Waals surface area contributed by atoms with Crippen LogP contribution >= 0.6 is 0 Å². The second kappa shape index (κ2) is 8.77. The zero-order valence-corrected chi connectivity index (χ0v) is 16.4. The Morgan fingerprint density at radius 3 is 2.21 bits per heavy atom. The van der Waals surface area contributed by atoms with Crippen LogP contribution in [0, 0.1) is 0 Å². The van der Waals surface area contributed by atoms with E-state index in [0.29, 0.717) is 11.3 Å². The fourth-order valence-corrected chi connectivity index (χ4v) is 3.14. The molecule has 148 valence electrons. The van der Waals surface area contributed by atoms with E-state index in [1.54, 1.807) is 24.3 Å². The maximum atomic E-state index is 12.1. The number of rotatable bonds is 7. The first-order chi connectivity index (χ1) is 13.1. The van der Waals surface area contributed by atoms with Crippen molar-refractivity contribution in [2.24, 2.45) is 0 Å². The van der Waals surface area contributed by atoms with E-state index in [-0.39, 0.29) is 16.2 Å². The van der Waals surface area contributed by atoms with Gasteiger partial charge in [-0.25, -0.2) is 17.5 Å². The predicted molar refractivity (Wildman–Crippen MR) is 103 cm³/mol. The highest BCUT2D eigenvalue weighted by molar-refractivity contribution is 7.89. The lowest BCUT2D eigenvalue weighted by molar-refractivity contribution is -0.119. The number of ether oxygens (including phenoxy) is 1. The van der Waals surface area contributed by atoms with Crippen molar-refractivity contribution < 1.29 is 27.5 Å². The Hall–Kier alpha value is -3.04. The molecule has 0 unspecified atom stereocenters. The molecule has 2 aromatic rings. The van der Waals surface area contributed by atoms with E-state index in [1.165, 1.54) is 45.3 Å². The first-order valence-electron chi connectivity index (χ1n) is 8.22. The molecule has 0 aromatic heterocycles. The minimum Gasteiger partial charge on any atom is -0.452 e. The molecular formula is C19H20N2O6S. The van der Waals surface area contributed by atoms with Gasteiger partial charge in [0.25, 0.3) is 5.91 Å². The molecule has 0 atom stereocenters. The number of ketones is 1. The topological polar surface area (TPSA) is 110 Å². The van der Waals surface area contributed by atoms with E-state index in [2.05, 4.69) is 5.32 Å². The molecule has 0 saturated carbocycles. The van der Waals surface area contributed by atoms with Crippen molar-refractivity contribution in [1.29, 1.82) is 0 Å². The second-order valence-electron chi connectivity index (χ2n) is 6.07. The fourth-order valence-electron chi connectivity index (χ4n) is 2.19. The van der Waals surface area contributed by atoms with E-state index >= 15 is 0 Å². The lowest BCUT2D eigenvalue weighted by Crippen LogP contribution is -2.23. The summed E-state index contributed by atoms with van der Waals surface area (Å²) in [5.41, 5.74) is 0.976. The van der Waals surface area contributed by atoms with Gasteiger partial charge in [-0.2, -0.15) is 0 Å². The zero-order chi connectivity index (χ0) is 20.9. The van der Waals surface area contributed by atoms with Crippen LogP contribution in [-0.2, 0) is 19.6 Å².